The van der Waals surface area contributed by atoms with Crippen LogP contribution in [0.2, 0.25) is 0 Å². The third kappa shape index (κ3) is 4.58. The number of anilines is 1. The Morgan fingerprint density at radius 1 is 0.828 bits per heavy atom. The van der Waals surface area contributed by atoms with Crippen LogP contribution < -0.4 is 5.32 Å². The number of hydrogen-bond donors (Lipinski definition) is 1. The van der Waals surface area contributed by atoms with Crippen molar-refractivity contribution in [2.24, 2.45) is 0 Å². The molecule has 1 heterocycles. The van der Waals surface area contributed by atoms with Crippen LogP contribution in [0.5, 0.6) is 0 Å². The first-order valence-corrected chi connectivity index (χ1v) is 7.91. The lowest BCUT2D eigenvalue weighted by Gasteiger charge is -2.14. The van der Waals surface area contributed by atoms with E-state index in [2.05, 4.69) is 0 Å². The van der Waals surface area contributed by atoms with Crippen molar-refractivity contribution in [2.75, 3.05) is 5.32 Å². The first-order chi connectivity index (χ1) is 13.4. The van der Waals surface area contributed by atoms with Crippen LogP contribution in [0.15, 0.2) is 59.0 Å². The Bertz CT molecular complexity index is 1020. The summed E-state index contributed by atoms with van der Waals surface area (Å²) in [6.45, 7) is 0. The maximum atomic E-state index is 13.8. The summed E-state index contributed by atoms with van der Waals surface area (Å²) in [5, 5.41) is 1.94. The average molecular weight is 417 g/mol. The number of alkyl halides is 6. The maximum absolute atomic E-state index is 13.8. The molecule has 0 radical (unpaired) electrons. The Balaban J connectivity index is 1.90. The molecular formula is C19H10F7NO2. The summed E-state index contributed by atoms with van der Waals surface area (Å²) >= 11 is 0. The molecule has 1 aromatic heterocycles. The van der Waals surface area contributed by atoms with Crippen molar-refractivity contribution in [3.63, 3.8) is 0 Å². The van der Waals surface area contributed by atoms with Crippen molar-refractivity contribution in [2.45, 2.75) is 12.4 Å². The highest BCUT2D eigenvalue weighted by molar-refractivity contribution is 6.02. The predicted octanol–water partition coefficient (Wildman–Crippen LogP) is 6.38. The minimum absolute atomic E-state index is 0.0324. The van der Waals surface area contributed by atoms with E-state index < -0.39 is 46.7 Å². The lowest BCUT2D eigenvalue weighted by atomic mass is 10.1. The molecule has 3 nitrogen and oxygen atoms in total. The third-order valence-corrected chi connectivity index (χ3v) is 3.81. The molecule has 10 heteroatoms. The fourth-order valence-corrected chi connectivity index (χ4v) is 2.49. The standard InChI is InChI=1S/C19H10F7NO2/c20-14-4-2-1-3-13(14)15-5-6-16(29-15)17(28)27-12-8-10(18(21,22)23)7-11(9-12)19(24,25)26/h1-9H,(H,27,28). The fourth-order valence-electron chi connectivity index (χ4n) is 2.49. The number of amides is 1. The molecule has 0 atom stereocenters. The van der Waals surface area contributed by atoms with Gasteiger partial charge in [-0.3, -0.25) is 4.79 Å². The van der Waals surface area contributed by atoms with Gasteiger partial charge in [-0.15, -0.1) is 0 Å². The van der Waals surface area contributed by atoms with E-state index in [0.717, 1.165) is 12.1 Å². The van der Waals surface area contributed by atoms with Gasteiger partial charge < -0.3 is 9.73 Å². The highest BCUT2D eigenvalue weighted by Gasteiger charge is 2.37. The van der Waals surface area contributed by atoms with E-state index in [9.17, 15) is 35.5 Å². The number of rotatable bonds is 3. The van der Waals surface area contributed by atoms with Gasteiger partial charge in [0.2, 0.25) is 0 Å². The molecular weight excluding hydrogens is 407 g/mol. The van der Waals surface area contributed by atoms with E-state index in [-0.39, 0.29) is 17.4 Å². The first kappa shape index (κ1) is 20.4. The molecule has 0 aliphatic heterocycles. The normalized spacial score (nSPS) is 12.1. The molecule has 152 valence electrons. The monoisotopic (exact) mass is 417 g/mol. The first-order valence-electron chi connectivity index (χ1n) is 7.91. The zero-order valence-corrected chi connectivity index (χ0v) is 14.2. The average Bonchev–Trinajstić information content (AvgIpc) is 3.10. The molecule has 0 unspecified atom stereocenters. The summed E-state index contributed by atoms with van der Waals surface area (Å²) in [7, 11) is 0. The van der Waals surface area contributed by atoms with Gasteiger partial charge >= 0.3 is 12.4 Å². The van der Waals surface area contributed by atoms with E-state index in [4.69, 9.17) is 4.42 Å². The zero-order chi connectivity index (χ0) is 21.4. The minimum Gasteiger partial charge on any atom is -0.451 e. The highest BCUT2D eigenvalue weighted by atomic mass is 19.4. The lowest BCUT2D eigenvalue weighted by Crippen LogP contribution is -2.15. The maximum Gasteiger partial charge on any atom is 0.416 e. The van der Waals surface area contributed by atoms with Crippen LogP contribution in [0.3, 0.4) is 0 Å². The van der Waals surface area contributed by atoms with Crippen LogP contribution in [0.4, 0.5) is 36.4 Å². The third-order valence-electron chi connectivity index (χ3n) is 3.81. The van der Waals surface area contributed by atoms with Crippen LogP contribution in [0.1, 0.15) is 21.7 Å². The minimum atomic E-state index is -5.05. The molecule has 0 fully saturated rings. The van der Waals surface area contributed by atoms with E-state index in [1.54, 1.807) is 0 Å². The van der Waals surface area contributed by atoms with Gasteiger partial charge in [0.25, 0.3) is 5.91 Å². The van der Waals surface area contributed by atoms with Gasteiger partial charge in [-0.05, 0) is 42.5 Å². The van der Waals surface area contributed by atoms with E-state index in [0.29, 0.717) is 12.1 Å². The second-order valence-electron chi connectivity index (χ2n) is 5.89. The number of benzene rings is 2. The van der Waals surface area contributed by atoms with Crippen LogP contribution >= 0.6 is 0 Å². The number of hydrogen-bond acceptors (Lipinski definition) is 2. The van der Waals surface area contributed by atoms with Crippen molar-refractivity contribution < 1.29 is 39.9 Å². The van der Waals surface area contributed by atoms with Crippen molar-refractivity contribution in [3.05, 3.63) is 77.3 Å². The number of halogens is 7. The second kappa shape index (κ2) is 7.26. The van der Waals surface area contributed by atoms with E-state index in [1.807, 2.05) is 5.32 Å². The molecule has 2 aromatic carbocycles. The molecule has 0 spiro atoms. The summed E-state index contributed by atoms with van der Waals surface area (Å²) in [6, 6.07) is 8.52. The predicted molar refractivity (Wildman–Crippen MR) is 88.5 cm³/mol. The number of carbonyl (C=O) groups is 1. The molecule has 0 aliphatic carbocycles. The number of carbonyl (C=O) groups excluding carboxylic acids is 1. The molecule has 0 saturated carbocycles. The van der Waals surface area contributed by atoms with Crippen LogP contribution in [-0.4, -0.2) is 5.91 Å². The molecule has 29 heavy (non-hydrogen) atoms. The summed E-state index contributed by atoms with van der Waals surface area (Å²) < 4.78 is 96.3. The fraction of sp³-hybridized carbons (Fsp3) is 0.105. The molecule has 0 aliphatic rings. The summed E-state index contributed by atoms with van der Waals surface area (Å²) in [5.74, 6) is -2.19. The van der Waals surface area contributed by atoms with E-state index in [1.165, 1.54) is 24.3 Å². The summed E-state index contributed by atoms with van der Waals surface area (Å²) in [5.41, 5.74) is -3.84. The summed E-state index contributed by atoms with van der Waals surface area (Å²) in [6.07, 6.45) is -10.1. The lowest BCUT2D eigenvalue weighted by molar-refractivity contribution is -0.143. The molecule has 0 bridgehead atoms. The smallest absolute Gasteiger partial charge is 0.416 e. The van der Waals surface area contributed by atoms with Crippen molar-refractivity contribution in [1.82, 2.24) is 0 Å². The topological polar surface area (TPSA) is 42.2 Å². The highest BCUT2D eigenvalue weighted by Crippen LogP contribution is 2.37. The van der Waals surface area contributed by atoms with Gasteiger partial charge in [-0.25, -0.2) is 4.39 Å². The van der Waals surface area contributed by atoms with Gasteiger partial charge in [0.15, 0.2) is 5.76 Å². The SMILES string of the molecule is O=C(Nc1cc(C(F)(F)F)cc(C(F)(F)F)c1)c1ccc(-c2ccccc2F)o1. The molecule has 1 N–H and O–H groups in total. The van der Waals surface area contributed by atoms with Crippen LogP contribution in [0.25, 0.3) is 11.3 Å². The Kier molecular flexibility index (Phi) is 5.12. The van der Waals surface area contributed by atoms with E-state index >= 15 is 0 Å². The van der Waals surface area contributed by atoms with Crippen LogP contribution in [0, 0.1) is 5.82 Å². The molecule has 3 rings (SSSR count). The molecule has 1 amide bonds. The van der Waals surface area contributed by atoms with Gasteiger partial charge in [-0.1, -0.05) is 12.1 Å². The van der Waals surface area contributed by atoms with Gasteiger partial charge in [0.1, 0.15) is 11.6 Å². The molecule has 0 saturated heterocycles. The van der Waals surface area contributed by atoms with Crippen LogP contribution in [-0.2, 0) is 12.4 Å². The quantitative estimate of drug-likeness (QED) is 0.503. The van der Waals surface area contributed by atoms with Crippen molar-refractivity contribution in [1.29, 1.82) is 0 Å². The van der Waals surface area contributed by atoms with Gasteiger partial charge in [0.05, 0.1) is 16.7 Å². The Hall–Kier alpha value is -3.30. The largest absolute Gasteiger partial charge is 0.451 e. The van der Waals surface area contributed by atoms with Gasteiger partial charge in [0, 0.05) is 5.69 Å². The van der Waals surface area contributed by atoms with Crippen molar-refractivity contribution >= 4 is 11.6 Å². The zero-order valence-electron chi connectivity index (χ0n) is 14.2. The Morgan fingerprint density at radius 2 is 1.41 bits per heavy atom. The molecule has 3 aromatic rings. The Labute approximate surface area is 158 Å². The van der Waals surface area contributed by atoms with Crippen molar-refractivity contribution in [3.8, 4) is 11.3 Å². The second-order valence-corrected chi connectivity index (χ2v) is 5.89. The number of furan rings is 1. The summed E-state index contributed by atoms with van der Waals surface area (Å²) in [4.78, 5) is 12.2. The Morgan fingerprint density at radius 3 is 1.97 bits per heavy atom. The number of nitrogens with one attached hydrogen (secondary N) is 1. The van der Waals surface area contributed by atoms with Gasteiger partial charge in [-0.2, -0.15) is 26.3 Å².